The molecule has 5 nitrogen and oxygen atoms in total. The number of nitriles is 1. The van der Waals surface area contributed by atoms with Gasteiger partial charge < -0.3 is 9.47 Å². The first-order chi connectivity index (χ1) is 12.2. The highest BCUT2D eigenvalue weighted by atomic mass is 32.2. The number of carbonyl (C=O) groups excluding carboxylic acids is 1. The summed E-state index contributed by atoms with van der Waals surface area (Å²) in [5, 5.41) is 10.7. The molecule has 25 heavy (non-hydrogen) atoms. The molecule has 0 spiro atoms. The zero-order chi connectivity index (χ0) is 17.4. The summed E-state index contributed by atoms with van der Waals surface area (Å²) in [5.41, 5.74) is 2.50. The first-order valence-electron chi connectivity index (χ1n) is 8.49. The van der Waals surface area contributed by atoms with Crippen LogP contribution in [0.5, 0.6) is 11.5 Å². The minimum absolute atomic E-state index is 0.119. The van der Waals surface area contributed by atoms with Crippen LogP contribution >= 0.6 is 11.8 Å². The first-order valence-corrected chi connectivity index (χ1v) is 9.48. The fourth-order valence-electron chi connectivity index (χ4n) is 3.69. The molecule has 2 aliphatic heterocycles. The third-order valence-electron chi connectivity index (χ3n) is 4.77. The van der Waals surface area contributed by atoms with Gasteiger partial charge in [-0.3, -0.25) is 4.79 Å². The van der Waals surface area contributed by atoms with Crippen LogP contribution in [-0.4, -0.2) is 23.4 Å². The van der Waals surface area contributed by atoms with Crippen LogP contribution in [0.25, 0.3) is 0 Å². The Balaban J connectivity index is 1.85. The first kappa shape index (κ1) is 16.2. The number of nitrogens with zero attached hydrogens (tertiary/aromatic N) is 2. The fraction of sp³-hybridized carbons (Fsp3) is 0.421. The number of ketones is 1. The van der Waals surface area contributed by atoms with Gasteiger partial charge in [0.05, 0.1) is 11.1 Å². The quantitative estimate of drug-likeness (QED) is 0.807. The Morgan fingerprint density at radius 2 is 2.16 bits per heavy atom. The van der Waals surface area contributed by atoms with E-state index in [1.807, 2.05) is 25.1 Å². The molecular weight excluding hydrogens is 336 g/mol. The highest BCUT2D eigenvalue weighted by molar-refractivity contribution is 8.14. The Morgan fingerprint density at radius 1 is 1.32 bits per heavy atom. The lowest BCUT2D eigenvalue weighted by molar-refractivity contribution is -0.116. The third kappa shape index (κ3) is 2.73. The van der Waals surface area contributed by atoms with Crippen LogP contribution in [0.1, 0.15) is 37.7 Å². The minimum atomic E-state index is -0.439. The molecule has 3 aliphatic rings. The second kappa shape index (κ2) is 6.57. The summed E-state index contributed by atoms with van der Waals surface area (Å²) < 4.78 is 10.9. The molecule has 1 aromatic rings. The van der Waals surface area contributed by atoms with Crippen LogP contribution in [0.2, 0.25) is 0 Å². The van der Waals surface area contributed by atoms with Crippen LogP contribution in [0.15, 0.2) is 34.5 Å². The molecule has 0 fully saturated rings. The predicted octanol–water partition coefficient (Wildman–Crippen LogP) is 3.81. The molecule has 1 aromatic carbocycles. The smallest absolute Gasteiger partial charge is 0.231 e. The van der Waals surface area contributed by atoms with Crippen molar-refractivity contribution in [3.8, 4) is 17.6 Å². The third-order valence-corrected chi connectivity index (χ3v) is 5.70. The van der Waals surface area contributed by atoms with Crippen molar-refractivity contribution in [3.05, 3.63) is 35.0 Å². The van der Waals surface area contributed by atoms with Gasteiger partial charge in [0, 0.05) is 23.6 Å². The SMILES string of the molecule is CCSC1=NC2=C(C(=O)CCC2)[C@@H](c2ccc3c(c2)OCO3)C1C#N. The molecular formula is C19H18N2O3S. The molecule has 0 saturated heterocycles. The lowest BCUT2D eigenvalue weighted by Crippen LogP contribution is -2.30. The van der Waals surface area contributed by atoms with E-state index in [-0.39, 0.29) is 18.5 Å². The van der Waals surface area contributed by atoms with Crippen molar-refractivity contribution in [1.29, 1.82) is 5.26 Å². The molecule has 0 saturated carbocycles. The number of hydrogen-bond donors (Lipinski definition) is 0. The highest BCUT2D eigenvalue weighted by Crippen LogP contribution is 2.46. The van der Waals surface area contributed by atoms with E-state index in [0.717, 1.165) is 40.5 Å². The zero-order valence-electron chi connectivity index (χ0n) is 13.9. The summed E-state index contributed by atoms with van der Waals surface area (Å²) >= 11 is 1.59. The lowest BCUT2D eigenvalue weighted by Gasteiger charge is -2.33. The van der Waals surface area contributed by atoms with Crippen molar-refractivity contribution in [1.82, 2.24) is 0 Å². The Labute approximate surface area is 150 Å². The molecule has 0 aromatic heterocycles. The summed E-state index contributed by atoms with van der Waals surface area (Å²) in [4.78, 5) is 17.4. The molecule has 1 unspecified atom stereocenters. The monoisotopic (exact) mass is 354 g/mol. The van der Waals surface area contributed by atoms with E-state index in [1.165, 1.54) is 0 Å². The molecule has 6 heteroatoms. The van der Waals surface area contributed by atoms with Gasteiger partial charge in [0.2, 0.25) is 6.79 Å². The van der Waals surface area contributed by atoms with Crippen molar-refractivity contribution in [2.24, 2.45) is 10.9 Å². The average Bonchev–Trinajstić information content (AvgIpc) is 3.09. The van der Waals surface area contributed by atoms with E-state index in [2.05, 4.69) is 6.07 Å². The van der Waals surface area contributed by atoms with E-state index in [1.54, 1.807) is 11.8 Å². The number of Topliss-reactive ketones (excluding diaryl/α,β-unsaturated/α-hetero) is 1. The topological polar surface area (TPSA) is 71.7 Å². The standard InChI is InChI=1S/C19H18N2O3S/c1-2-25-19-12(9-20)17(18-13(21-19)4-3-5-14(18)22)11-6-7-15-16(8-11)24-10-23-15/h6-8,12,17H,2-5,10H2,1H3/t12?,17-/m0/s1. The van der Waals surface area contributed by atoms with Gasteiger partial charge in [-0.25, -0.2) is 4.99 Å². The van der Waals surface area contributed by atoms with E-state index >= 15 is 0 Å². The van der Waals surface area contributed by atoms with Crippen molar-refractivity contribution < 1.29 is 14.3 Å². The van der Waals surface area contributed by atoms with Crippen LogP contribution in [-0.2, 0) is 4.79 Å². The molecule has 4 rings (SSSR count). The normalized spacial score (nSPS) is 24.6. The number of hydrogen-bond acceptors (Lipinski definition) is 6. The van der Waals surface area contributed by atoms with Gasteiger partial charge >= 0.3 is 0 Å². The van der Waals surface area contributed by atoms with E-state index in [9.17, 15) is 10.1 Å². The number of rotatable bonds is 2. The van der Waals surface area contributed by atoms with Gasteiger partial charge in [-0.2, -0.15) is 5.26 Å². The maximum absolute atomic E-state index is 12.7. The van der Waals surface area contributed by atoms with Gasteiger partial charge in [-0.1, -0.05) is 13.0 Å². The fourth-order valence-corrected chi connectivity index (χ4v) is 4.53. The van der Waals surface area contributed by atoms with Gasteiger partial charge in [-0.05, 0) is 36.3 Å². The number of fused-ring (bicyclic) bond motifs is 1. The Kier molecular flexibility index (Phi) is 4.26. The van der Waals surface area contributed by atoms with Crippen molar-refractivity contribution in [2.45, 2.75) is 32.1 Å². The van der Waals surface area contributed by atoms with Crippen LogP contribution in [0, 0.1) is 17.2 Å². The number of aliphatic imine (C=N–C) groups is 1. The molecule has 1 aliphatic carbocycles. The Hall–Kier alpha value is -2.26. The van der Waals surface area contributed by atoms with E-state index < -0.39 is 5.92 Å². The summed E-state index contributed by atoms with van der Waals surface area (Å²) in [5.74, 6) is 1.62. The van der Waals surface area contributed by atoms with Crippen LogP contribution in [0.4, 0.5) is 0 Å². The molecule has 2 heterocycles. The van der Waals surface area contributed by atoms with Crippen LogP contribution in [0.3, 0.4) is 0 Å². The molecule has 0 amide bonds. The number of ether oxygens (including phenoxy) is 2. The van der Waals surface area contributed by atoms with Gasteiger partial charge in [0.15, 0.2) is 17.3 Å². The molecule has 128 valence electrons. The zero-order valence-corrected chi connectivity index (χ0v) is 14.8. The maximum atomic E-state index is 12.7. The summed E-state index contributed by atoms with van der Waals surface area (Å²) in [6, 6.07) is 8.10. The second-order valence-corrected chi connectivity index (χ2v) is 7.50. The Bertz CT molecular complexity index is 838. The van der Waals surface area contributed by atoms with E-state index in [4.69, 9.17) is 14.5 Å². The second-order valence-electron chi connectivity index (χ2n) is 6.22. The van der Waals surface area contributed by atoms with Crippen LogP contribution < -0.4 is 9.47 Å². The Morgan fingerprint density at radius 3 is 2.96 bits per heavy atom. The van der Waals surface area contributed by atoms with E-state index in [0.29, 0.717) is 17.9 Å². The summed E-state index contributed by atoms with van der Waals surface area (Å²) in [6.07, 6.45) is 2.16. The highest BCUT2D eigenvalue weighted by Gasteiger charge is 2.40. The molecule has 0 radical (unpaired) electrons. The minimum Gasteiger partial charge on any atom is -0.454 e. The number of allylic oxidation sites excluding steroid dienone is 2. The maximum Gasteiger partial charge on any atom is 0.231 e. The lowest BCUT2D eigenvalue weighted by atomic mass is 9.74. The molecule has 0 bridgehead atoms. The van der Waals surface area contributed by atoms with Crippen molar-refractivity contribution >= 4 is 22.6 Å². The number of carbonyl (C=O) groups is 1. The van der Waals surface area contributed by atoms with Gasteiger partial charge in [-0.15, -0.1) is 11.8 Å². The average molecular weight is 354 g/mol. The summed E-state index contributed by atoms with van der Waals surface area (Å²) in [6.45, 7) is 2.25. The van der Waals surface area contributed by atoms with Crippen molar-refractivity contribution in [2.75, 3.05) is 12.5 Å². The molecule has 2 atom stereocenters. The molecule has 0 N–H and O–H groups in total. The van der Waals surface area contributed by atoms with Gasteiger partial charge in [0.25, 0.3) is 0 Å². The predicted molar refractivity (Wildman–Crippen MR) is 95.9 cm³/mol. The number of thioether (sulfide) groups is 1. The van der Waals surface area contributed by atoms with Crippen molar-refractivity contribution in [3.63, 3.8) is 0 Å². The summed E-state index contributed by atoms with van der Waals surface area (Å²) in [7, 11) is 0. The number of benzene rings is 1. The van der Waals surface area contributed by atoms with Gasteiger partial charge in [0.1, 0.15) is 5.92 Å². The largest absolute Gasteiger partial charge is 0.454 e.